The van der Waals surface area contributed by atoms with Crippen LogP contribution in [0.2, 0.25) is 25.7 Å². The molecule has 1 N–H and O–H groups in total. The molecule has 0 saturated heterocycles. The quantitative estimate of drug-likeness (QED) is 0.397. The maximum Gasteiger partial charge on any atom is 0.255 e. The van der Waals surface area contributed by atoms with Crippen molar-refractivity contribution in [1.82, 2.24) is 19.9 Å². The molecule has 0 aliphatic heterocycles. The lowest BCUT2D eigenvalue weighted by Crippen LogP contribution is -2.30. The highest BCUT2D eigenvalue weighted by atomic mass is 28.3. The van der Waals surface area contributed by atoms with E-state index in [9.17, 15) is 4.79 Å². The molecule has 1 aromatic carbocycles. The van der Waals surface area contributed by atoms with Crippen LogP contribution < -0.4 is 10.1 Å². The molecular weight excluding hydrogens is 396 g/mol. The molecule has 3 aromatic rings. The molecule has 0 aliphatic rings. The Bertz CT molecular complexity index is 997. The van der Waals surface area contributed by atoms with Gasteiger partial charge in [0.25, 0.3) is 5.91 Å². The Labute approximate surface area is 178 Å². The van der Waals surface area contributed by atoms with Crippen LogP contribution in [0.4, 0.5) is 0 Å². The van der Waals surface area contributed by atoms with Crippen molar-refractivity contribution in [2.75, 3.05) is 6.61 Å². The van der Waals surface area contributed by atoms with Gasteiger partial charge in [-0.15, -0.1) is 0 Å². The normalized spacial score (nSPS) is 11.8. The fourth-order valence-corrected chi connectivity index (χ4v) is 3.60. The van der Waals surface area contributed by atoms with Crippen LogP contribution in [0, 0.1) is 0 Å². The summed E-state index contributed by atoms with van der Waals surface area (Å²) in [6.45, 7) is 11.8. The van der Waals surface area contributed by atoms with Crippen molar-refractivity contribution in [3.05, 3.63) is 48.3 Å². The zero-order valence-electron chi connectivity index (χ0n) is 18.3. The lowest BCUT2D eigenvalue weighted by atomic mass is 10.2. The fourth-order valence-electron chi connectivity index (χ4n) is 2.84. The summed E-state index contributed by atoms with van der Waals surface area (Å²) in [4.78, 5) is 21.8. The number of benzene rings is 1. The lowest BCUT2D eigenvalue weighted by Gasteiger charge is -2.15. The molecule has 1 amide bonds. The Balaban J connectivity index is 1.88. The van der Waals surface area contributed by atoms with Crippen molar-refractivity contribution in [3.8, 4) is 11.6 Å². The SMILES string of the molecule is CC(C)NC(=O)c1cn(COCC[Si](C)(C)C)c2ncc(Oc3ccccc3)nc12. The maximum absolute atomic E-state index is 12.7. The number of carbonyl (C=O) groups is 1. The Morgan fingerprint density at radius 3 is 2.60 bits per heavy atom. The molecule has 3 rings (SSSR count). The van der Waals surface area contributed by atoms with E-state index in [1.807, 2.05) is 48.7 Å². The summed E-state index contributed by atoms with van der Waals surface area (Å²) in [5, 5.41) is 2.92. The molecule has 0 aliphatic carbocycles. The molecule has 30 heavy (non-hydrogen) atoms. The smallest absolute Gasteiger partial charge is 0.255 e. The monoisotopic (exact) mass is 426 g/mol. The van der Waals surface area contributed by atoms with Crippen LogP contribution in [0.3, 0.4) is 0 Å². The first-order valence-corrected chi connectivity index (χ1v) is 13.9. The van der Waals surface area contributed by atoms with Crippen LogP contribution in [-0.2, 0) is 11.5 Å². The van der Waals surface area contributed by atoms with Gasteiger partial charge < -0.3 is 19.4 Å². The zero-order valence-corrected chi connectivity index (χ0v) is 19.3. The Hall–Kier alpha value is -2.71. The summed E-state index contributed by atoms with van der Waals surface area (Å²) in [5.41, 5.74) is 1.55. The van der Waals surface area contributed by atoms with Crippen LogP contribution in [0.15, 0.2) is 42.7 Å². The van der Waals surface area contributed by atoms with Crippen LogP contribution in [0.1, 0.15) is 24.2 Å². The van der Waals surface area contributed by atoms with Crippen LogP contribution >= 0.6 is 0 Å². The number of para-hydroxylation sites is 1. The van der Waals surface area contributed by atoms with Gasteiger partial charge in [-0.3, -0.25) is 4.79 Å². The topological polar surface area (TPSA) is 78.3 Å². The summed E-state index contributed by atoms with van der Waals surface area (Å²) in [6, 6.07) is 10.5. The van der Waals surface area contributed by atoms with Crippen molar-refractivity contribution in [2.45, 2.75) is 52.3 Å². The molecule has 2 heterocycles. The molecule has 2 aromatic heterocycles. The van der Waals surface area contributed by atoms with E-state index in [0.717, 1.165) is 6.04 Å². The molecule has 0 spiro atoms. The van der Waals surface area contributed by atoms with Gasteiger partial charge in [0, 0.05) is 26.9 Å². The van der Waals surface area contributed by atoms with Gasteiger partial charge in [-0.2, -0.15) is 0 Å². The van der Waals surface area contributed by atoms with Crippen molar-refractivity contribution in [3.63, 3.8) is 0 Å². The van der Waals surface area contributed by atoms with E-state index in [-0.39, 0.29) is 11.9 Å². The Morgan fingerprint density at radius 1 is 1.20 bits per heavy atom. The molecule has 0 bridgehead atoms. The predicted octanol–water partition coefficient (Wildman–Crippen LogP) is 4.67. The number of amides is 1. The highest BCUT2D eigenvalue weighted by Crippen LogP contribution is 2.24. The molecule has 8 heteroatoms. The van der Waals surface area contributed by atoms with Gasteiger partial charge in [-0.1, -0.05) is 37.8 Å². The van der Waals surface area contributed by atoms with Gasteiger partial charge in [-0.05, 0) is 32.0 Å². The van der Waals surface area contributed by atoms with Gasteiger partial charge >= 0.3 is 0 Å². The average molecular weight is 427 g/mol. The number of nitrogens with one attached hydrogen (secondary N) is 1. The number of hydrogen-bond acceptors (Lipinski definition) is 5. The largest absolute Gasteiger partial charge is 0.437 e. The zero-order chi connectivity index (χ0) is 21.7. The first-order valence-electron chi connectivity index (χ1n) is 10.2. The van der Waals surface area contributed by atoms with E-state index in [1.165, 1.54) is 0 Å². The number of nitrogens with zero attached hydrogens (tertiary/aromatic N) is 3. The average Bonchev–Trinajstić information content (AvgIpc) is 3.03. The van der Waals surface area contributed by atoms with Crippen LogP contribution in [0.5, 0.6) is 11.6 Å². The minimum absolute atomic E-state index is 0.0144. The third-order valence-corrected chi connectivity index (χ3v) is 6.10. The lowest BCUT2D eigenvalue weighted by molar-refractivity contribution is 0.0890. The minimum atomic E-state index is -1.17. The molecule has 0 saturated carbocycles. The molecular formula is C22H30N4O3Si. The standard InChI is InChI=1S/C22H30N4O3Si/c1-16(2)24-22(27)18-14-26(15-28-11-12-30(3,4)5)21-20(18)25-19(13-23-21)29-17-9-7-6-8-10-17/h6-10,13-14,16H,11-12,15H2,1-5H3,(H,24,27). The van der Waals surface area contributed by atoms with E-state index >= 15 is 0 Å². The first-order chi connectivity index (χ1) is 14.2. The van der Waals surface area contributed by atoms with E-state index in [0.29, 0.717) is 41.7 Å². The van der Waals surface area contributed by atoms with E-state index in [4.69, 9.17) is 9.47 Å². The molecule has 0 fully saturated rings. The Morgan fingerprint density at radius 2 is 1.93 bits per heavy atom. The summed E-state index contributed by atoms with van der Waals surface area (Å²) >= 11 is 0. The van der Waals surface area contributed by atoms with E-state index in [2.05, 4.69) is 34.9 Å². The van der Waals surface area contributed by atoms with Crippen molar-refractivity contribution < 1.29 is 14.3 Å². The van der Waals surface area contributed by atoms with Crippen LogP contribution in [-0.4, -0.2) is 41.2 Å². The number of rotatable bonds is 9. The second kappa shape index (κ2) is 9.40. The maximum atomic E-state index is 12.7. The molecule has 0 unspecified atom stereocenters. The molecule has 7 nitrogen and oxygen atoms in total. The summed E-state index contributed by atoms with van der Waals surface area (Å²) < 4.78 is 13.5. The Kier molecular flexibility index (Phi) is 6.89. The van der Waals surface area contributed by atoms with Gasteiger partial charge in [-0.25, -0.2) is 9.97 Å². The van der Waals surface area contributed by atoms with Crippen molar-refractivity contribution in [2.24, 2.45) is 0 Å². The number of ether oxygens (including phenoxy) is 2. The van der Waals surface area contributed by atoms with Gasteiger partial charge in [0.2, 0.25) is 5.88 Å². The molecule has 160 valence electrons. The van der Waals surface area contributed by atoms with Gasteiger partial charge in [0.1, 0.15) is 18.0 Å². The van der Waals surface area contributed by atoms with E-state index in [1.54, 1.807) is 12.4 Å². The number of hydrogen-bond donors (Lipinski definition) is 1. The van der Waals surface area contributed by atoms with Crippen molar-refractivity contribution >= 4 is 25.1 Å². The summed E-state index contributed by atoms with van der Waals surface area (Å²) in [5.74, 6) is 0.806. The van der Waals surface area contributed by atoms with Gasteiger partial charge in [0.05, 0.1) is 11.8 Å². The second-order valence-electron chi connectivity index (χ2n) is 8.78. The van der Waals surface area contributed by atoms with E-state index < -0.39 is 8.07 Å². The molecule has 0 radical (unpaired) electrons. The highest BCUT2D eigenvalue weighted by Gasteiger charge is 2.20. The second-order valence-corrected chi connectivity index (χ2v) is 14.4. The predicted molar refractivity (Wildman–Crippen MR) is 121 cm³/mol. The fraction of sp³-hybridized carbons (Fsp3) is 0.409. The van der Waals surface area contributed by atoms with Crippen LogP contribution in [0.25, 0.3) is 11.2 Å². The number of fused-ring (bicyclic) bond motifs is 1. The minimum Gasteiger partial charge on any atom is -0.437 e. The summed E-state index contributed by atoms with van der Waals surface area (Å²) in [7, 11) is -1.17. The number of aromatic nitrogens is 3. The van der Waals surface area contributed by atoms with Crippen molar-refractivity contribution in [1.29, 1.82) is 0 Å². The molecule has 0 atom stereocenters. The highest BCUT2D eigenvalue weighted by molar-refractivity contribution is 6.76. The summed E-state index contributed by atoms with van der Waals surface area (Å²) in [6.07, 6.45) is 3.32. The third kappa shape index (κ3) is 5.90. The first kappa shape index (κ1) is 22.0. The third-order valence-electron chi connectivity index (χ3n) is 4.40. The van der Waals surface area contributed by atoms with Gasteiger partial charge in [0.15, 0.2) is 5.65 Å². The number of carbonyl (C=O) groups excluding carboxylic acids is 1.